The first kappa shape index (κ1) is 17.8. The first-order valence-electron chi connectivity index (χ1n) is 6.58. The van der Waals surface area contributed by atoms with Crippen LogP contribution in [-0.4, -0.2) is 46.3 Å². The zero-order valence-corrected chi connectivity index (χ0v) is 14.8. The molecule has 0 radical (unpaired) electrons. The Morgan fingerprint density at radius 3 is 2.87 bits per heavy atom. The van der Waals surface area contributed by atoms with Gasteiger partial charge < -0.3 is 9.84 Å². The number of rotatable bonds is 4. The Balaban J connectivity index is 2.35. The minimum absolute atomic E-state index is 0.319. The van der Waals surface area contributed by atoms with Crippen molar-refractivity contribution >= 4 is 58.5 Å². The Morgan fingerprint density at radius 2 is 2.26 bits per heavy atom. The molecule has 122 valence electrons. The second-order valence-corrected chi connectivity index (χ2v) is 6.70. The summed E-state index contributed by atoms with van der Waals surface area (Å²) in [7, 11) is 1.54. The van der Waals surface area contributed by atoms with Crippen LogP contribution < -0.4 is 4.74 Å². The van der Waals surface area contributed by atoms with Gasteiger partial charge in [0.15, 0.2) is 0 Å². The van der Waals surface area contributed by atoms with Gasteiger partial charge in [0.25, 0.3) is 5.91 Å². The van der Waals surface area contributed by atoms with Gasteiger partial charge in [-0.3, -0.25) is 14.5 Å². The number of carbonyl (C=O) groups is 2. The molecule has 1 aromatic rings. The smallest absolute Gasteiger partial charge is 0.323 e. The Morgan fingerprint density at radius 1 is 1.57 bits per heavy atom. The number of carboxylic acids is 1. The molecule has 0 saturated carbocycles. The van der Waals surface area contributed by atoms with E-state index in [2.05, 4.69) is 0 Å². The van der Waals surface area contributed by atoms with E-state index in [0.717, 1.165) is 10.5 Å². The molecule has 0 unspecified atom stereocenters. The normalized spacial score (nSPS) is 16.8. The summed E-state index contributed by atoms with van der Waals surface area (Å²) in [4.78, 5) is 25.1. The molecule has 5 nitrogen and oxygen atoms in total. The molecule has 0 aromatic heterocycles. The van der Waals surface area contributed by atoms with Crippen molar-refractivity contribution in [1.82, 2.24) is 4.90 Å². The lowest BCUT2D eigenvalue weighted by Gasteiger charge is -2.27. The molecule has 1 aliphatic heterocycles. The fourth-order valence-electron chi connectivity index (χ4n) is 2.04. The van der Waals surface area contributed by atoms with Crippen LogP contribution in [0, 0.1) is 6.92 Å². The lowest BCUT2D eigenvalue weighted by atomic mass is 10.1. The number of hydrogen-bond donors (Lipinski definition) is 1. The van der Waals surface area contributed by atoms with E-state index in [1.165, 1.54) is 11.8 Å². The minimum atomic E-state index is -1.10. The van der Waals surface area contributed by atoms with Crippen molar-refractivity contribution < 1.29 is 19.4 Å². The van der Waals surface area contributed by atoms with Crippen LogP contribution in [0.3, 0.4) is 0 Å². The maximum atomic E-state index is 12.4. The summed E-state index contributed by atoms with van der Waals surface area (Å²) in [6.45, 7) is 1.40. The highest BCUT2D eigenvalue weighted by Gasteiger charge is 2.29. The summed E-state index contributed by atoms with van der Waals surface area (Å²) in [6.07, 6.45) is 1.66. The number of benzene rings is 1. The largest absolute Gasteiger partial charge is 0.496 e. The molecule has 1 amide bonds. The highest BCUT2D eigenvalue weighted by Crippen LogP contribution is 2.32. The molecular weight excluding hydrogens is 358 g/mol. The molecular formula is C15H14ClNO4S2. The van der Waals surface area contributed by atoms with Gasteiger partial charge in [-0.05, 0) is 30.7 Å². The van der Waals surface area contributed by atoms with E-state index in [0.29, 0.717) is 32.0 Å². The third-order valence-electron chi connectivity index (χ3n) is 3.24. The quantitative estimate of drug-likeness (QED) is 0.648. The second-order valence-electron chi connectivity index (χ2n) is 4.81. The van der Waals surface area contributed by atoms with Crippen LogP contribution in [-0.2, 0) is 9.59 Å². The second kappa shape index (κ2) is 7.33. The SMILES string of the molecule is COc1cc(/C=C2/SCC(=S)N(CC(=O)O)C2=O)cc(Cl)c1C. The average molecular weight is 372 g/mol. The highest BCUT2D eigenvalue weighted by molar-refractivity contribution is 8.05. The van der Waals surface area contributed by atoms with Gasteiger partial charge >= 0.3 is 5.97 Å². The van der Waals surface area contributed by atoms with Crippen molar-refractivity contribution in [3.05, 3.63) is 33.2 Å². The summed E-state index contributed by atoms with van der Waals surface area (Å²) in [6, 6.07) is 3.51. The number of aliphatic carboxylic acids is 1. The molecule has 1 aliphatic rings. The van der Waals surface area contributed by atoms with Crippen LogP contribution in [0.5, 0.6) is 5.75 Å². The maximum Gasteiger partial charge on any atom is 0.323 e. The number of thiocarbonyl (C=S) groups is 1. The van der Waals surface area contributed by atoms with Gasteiger partial charge in [0.05, 0.1) is 17.0 Å². The number of methoxy groups -OCH3 is 1. The summed E-state index contributed by atoms with van der Waals surface area (Å²) in [5, 5.41) is 9.43. The number of carboxylic acid groups (broad SMARTS) is 1. The van der Waals surface area contributed by atoms with E-state index < -0.39 is 18.4 Å². The zero-order valence-electron chi connectivity index (χ0n) is 12.5. The lowest BCUT2D eigenvalue weighted by Crippen LogP contribution is -2.43. The molecule has 0 atom stereocenters. The van der Waals surface area contributed by atoms with Crippen LogP contribution in [0.15, 0.2) is 17.0 Å². The van der Waals surface area contributed by atoms with Crippen molar-refractivity contribution in [2.75, 3.05) is 19.4 Å². The Kier molecular flexibility index (Phi) is 5.67. The van der Waals surface area contributed by atoms with Crippen molar-refractivity contribution in [2.24, 2.45) is 0 Å². The summed E-state index contributed by atoms with van der Waals surface area (Å²) in [5.41, 5.74) is 1.52. The van der Waals surface area contributed by atoms with E-state index in [1.807, 2.05) is 6.92 Å². The predicted octanol–water partition coefficient (Wildman–Crippen LogP) is 2.99. The van der Waals surface area contributed by atoms with Gasteiger partial charge in [0, 0.05) is 16.3 Å². The molecule has 0 aliphatic carbocycles. The summed E-state index contributed by atoms with van der Waals surface area (Å²) in [5.74, 6) is -0.511. The number of ether oxygens (including phenoxy) is 1. The van der Waals surface area contributed by atoms with Gasteiger partial charge in [-0.15, -0.1) is 11.8 Å². The van der Waals surface area contributed by atoms with Crippen molar-refractivity contribution in [1.29, 1.82) is 0 Å². The maximum absolute atomic E-state index is 12.4. The van der Waals surface area contributed by atoms with Gasteiger partial charge in [-0.1, -0.05) is 23.8 Å². The van der Waals surface area contributed by atoms with E-state index in [-0.39, 0.29) is 0 Å². The van der Waals surface area contributed by atoms with Gasteiger partial charge in [-0.2, -0.15) is 0 Å². The van der Waals surface area contributed by atoms with Crippen LogP contribution in [0.1, 0.15) is 11.1 Å². The van der Waals surface area contributed by atoms with Crippen molar-refractivity contribution in [3.8, 4) is 5.75 Å². The number of nitrogens with zero attached hydrogens (tertiary/aromatic N) is 1. The number of halogens is 1. The van der Waals surface area contributed by atoms with Crippen LogP contribution in [0.2, 0.25) is 5.02 Å². The van der Waals surface area contributed by atoms with Gasteiger partial charge in [0.1, 0.15) is 12.3 Å². The Bertz CT molecular complexity index is 718. The highest BCUT2D eigenvalue weighted by atomic mass is 35.5. The van der Waals surface area contributed by atoms with E-state index in [1.54, 1.807) is 25.3 Å². The third kappa shape index (κ3) is 4.04. The fraction of sp³-hybridized carbons (Fsp3) is 0.267. The lowest BCUT2D eigenvalue weighted by molar-refractivity contribution is -0.140. The molecule has 8 heteroatoms. The molecule has 1 aromatic carbocycles. The number of amides is 1. The van der Waals surface area contributed by atoms with Crippen molar-refractivity contribution in [3.63, 3.8) is 0 Å². The van der Waals surface area contributed by atoms with E-state index in [9.17, 15) is 9.59 Å². The molecule has 1 N–H and O–H groups in total. The Labute approximate surface area is 148 Å². The van der Waals surface area contributed by atoms with Crippen LogP contribution in [0.4, 0.5) is 0 Å². The first-order chi connectivity index (χ1) is 10.8. The van der Waals surface area contributed by atoms with Crippen LogP contribution in [0.25, 0.3) is 6.08 Å². The predicted molar refractivity (Wildman–Crippen MR) is 95.1 cm³/mol. The number of thioether (sulfide) groups is 1. The van der Waals surface area contributed by atoms with Crippen LogP contribution >= 0.6 is 35.6 Å². The van der Waals surface area contributed by atoms with E-state index >= 15 is 0 Å². The van der Waals surface area contributed by atoms with Crippen molar-refractivity contribution in [2.45, 2.75) is 6.92 Å². The van der Waals surface area contributed by atoms with E-state index in [4.69, 9.17) is 33.7 Å². The zero-order chi connectivity index (χ0) is 17.1. The number of hydrogen-bond acceptors (Lipinski definition) is 5. The molecule has 1 heterocycles. The average Bonchev–Trinajstić information content (AvgIpc) is 2.49. The third-order valence-corrected chi connectivity index (χ3v) is 5.20. The number of carbonyl (C=O) groups excluding carboxylic acids is 1. The molecule has 0 bridgehead atoms. The molecule has 23 heavy (non-hydrogen) atoms. The minimum Gasteiger partial charge on any atom is -0.496 e. The molecule has 1 fully saturated rings. The summed E-state index contributed by atoms with van der Waals surface area (Å²) < 4.78 is 5.26. The molecule has 1 saturated heterocycles. The monoisotopic (exact) mass is 371 g/mol. The summed E-state index contributed by atoms with van der Waals surface area (Å²) >= 11 is 12.5. The van der Waals surface area contributed by atoms with Gasteiger partial charge in [-0.25, -0.2) is 0 Å². The topological polar surface area (TPSA) is 66.8 Å². The molecule has 0 spiro atoms. The van der Waals surface area contributed by atoms with Gasteiger partial charge in [0.2, 0.25) is 0 Å². The first-order valence-corrected chi connectivity index (χ1v) is 8.35. The fourth-order valence-corrected chi connectivity index (χ4v) is 3.48. The molecule has 2 rings (SSSR count). The standard InChI is InChI=1S/C15H14ClNO4S2/c1-8-10(16)3-9(4-11(8)21-2)5-12-15(20)17(6-14(18)19)13(22)7-23-12/h3-5H,6-7H2,1-2H3,(H,18,19)/b12-5+. The Hall–Kier alpha value is -1.57.